The molecule has 0 radical (unpaired) electrons. The highest BCUT2D eigenvalue weighted by Crippen LogP contribution is 2.23. The molecule has 0 unspecified atom stereocenters. The van der Waals surface area contributed by atoms with Crippen molar-refractivity contribution in [1.82, 2.24) is 5.32 Å². The number of sulfone groups is 1. The third-order valence-electron chi connectivity index (χ3n) is 3.11. The van der Waals surface area contributed by atoms with Crippen LogP contribution < -0.4 is 5.32 Å². The van der Waals surface area contributed by atoms with Gasteiger partial charge < -0.3 is 5.32 Å². The van der Waals surface area contributed by atoms with Gasteiger partial charge >= 0.3 is 0 Å². The fraction of sp³-hybridized carbons (Fsp3) is 0.500. The molecule has 1 N–H and O–H groups in total. The zero-order valence-electron chi connectivity index (χ0n) is 11.5. The number of hydrogen-bond donors (Lipinski definition) is 1. The van der Waals surface area contributed by atoms with Gasteiger partial charge in [0.15, 0.2) is 9.84 Å². The Morgan fingerprint density at radius 3 is 2.50 bits per heavy atom. The summed E-state index contributed by atoms with van der Waals surface area (Å²) in [5, 5.41) is 13.9. The largest absolute Gasteiger partial charge is 0.311 e. The molecule has 0 aliphatic carbocycles. The van der Waals surface area contributed by atoms with Crippen LogP contribution in [0.25, 0.3) is 0 Å². The van der Waals surface area contributed by atoms with Gasteiger partial charge in [-0.25, -0.2) is 8.42 Å². The molecule has 0 saturated carbocycles. The molecular formula is C12H17BrN2O4S. The summed E-state index contributed by atoms with van der Waals surface area (Å²) >= 11 is 3.26. The Balaban J connectivity index is 2.81. The standard InChI is InChI=1S/C12H17BrN2O4S/c1-12(2,20(3,18)19)8-14-7-9-6-10(13)4-5-11(9)15(16)17/h4-6,14H,7-8H2,1-3H3. The van der Waals surface area contributed by atoms with Crippen LogP contribution in [0.4, 0.5) is 5.69 Å². The van der Waals surface area contributed by atoms with Crippen LogP contribution in [0.1, 0.15) is 19.4 Å². The minimum atomic E-state index is -3.20. The second kappa shape index (κ2) is 6.19. The molecule has 0 heterocycles. The maximum absolute atomic E-state index is 11.6. The van der Waals surface area contributed by atoms with Crippen LogP contribution in [-0.4, -0.2) is 30.9 Å². The fourth-order valence-electron chi connectivity index (χ4n) is 1.50. The van der Waals surface area contributed by atoms with Gasteiger partial charge in [0.25, 0.3) is 5.69 Å². The quantitative estimate of drug-likeness (QED) is 0.617. The van der Waals surface area contributed by atoms with E-state index in [1.807, 2.05) is 0 Å². The number of rotatable bonds is 6. The van der Waals surface area contributed by atoms with E-state index < -0.39 is 19.5 Å². The molecule has 0 atom stereocenters. The number of hydrogen-bond acceptors (Lipinski definition) is 5. The van der Waals surface area contributed by atoms with Crippen LogP contribution in [0, 0.1) is 10.1 Å². The van der Waals surface area contributed by atoms with Gasteiger partial charge in [-0.3, -0.25) is 10.1 Å². The van der Waals surface area contributed by atoms with Crippen molar-refractivity contribution < 1.29 is 13.3 Å². The Labute approximate surface area is 126 Å². The summed E-state index contributed by atoms with van der Waals surface area (Å²) in [5.41, 5.74) is 0.520. The minimum Gasteiger partial charge on any atom is -0.311 e. The van der Waals surface area contributed by atoms with Crippen LogP contribution >= 0.6 is 15.9 Å². The molecule has 1 aromatic carbocycles. The summed E-state index contributed by atoms with van der Waals surface area (Å²) in [6.45, 7) is 3.68. The number of nitro groups is 1. The zero-order chi connectivity index (χ0) is 15.6. The van der Waals surface area contributed by atoms with Crippen LogP contribution in [0.5, 0.6) is 0 Å². The van der Waals surface area contributed by atoms with E-state index >= 15 is 0 Å². The zero-order valence-corrected chi connectivity index (χ0v) is 13.9. The molecule has 0 saturated heterocycles. The van der Waals surface area contributed by atoms with Gasteiger partial charge in [-0.2, -0.15) is 0 Å². The molecule has 0 bridgehead atoms. The highest BCUT2D eigenvalue weighted by molar-refractivity contribution is 9.10. The van der Waals surface area contributed by atoms with Crippen molar-refractivity contribution in [3.05, 3.63) is 38.3 Å². The smallest absolute Gasteiger partial charge is 0.273 e. The van der Waals surface area contributed by atoms with Crippen molar-refractivity contribution in [2.45, 2.75) is 25.1 Å². The molecular weight excluding hydrogens is 348 g/mol. The molecule has 8 heteroatoms. The lowest BCUT2D eigenvalue weighted by Crippen LogP contribution is -2.41. The minimum absolute atomic E-state index is 0.0119. The monoisotopic (exact) mass is 364 g/mol. The maximum atomic E-state index is 11.6. The van der Waals surface area contributed by atoms with Gasteiger partial charge in [0.2, 0.25) is 0 Å². The number of benzene rings is 1. The lowest BCUT2D eigenvalue weighted by molar-refractivity contribution is -0.385. The molecule has 1 aromatic rings. The lowest BCUT2D eigenvalue weighted by atomic mass is 10.1. The second-order valence-electron chi connectivity index (χ2n) is 5.17. The fourth-order valence-corrected chi connectivity index (χ4v) is 2.28. The molecule has 0 aliphatic heterocycles. The maximum Gasteiger partial charge on any atom is 0.273 e. The average molecular weight is 365 g/mol. The van der Waals surface area contributed by atoms with E-state index in [0.717, 1.165) is 4.47 Å². The van der Waals surface area contributed by atoms with Crippen LogP contribution in [-0.2, 0) is 16.4 Å². The SMILES string of the molecule is CC(C)(CNCc1cc(Br)ccc1[N+](=O)[O-])S(C)(=O)=O. The second-order valence-corrected chi connectivity index (χ2v) is 8.73. The first-order valence-corrected chi connectivity index (χ1v) is 8.56. The van der Waals surface area contributed by atoms with E-state index in [9.17, 15) is 18.5 Å². The molecule has 1 rings (SSSR count). The number of nitro benzene ring substituents is 1. The van der Waals surface area contributed by atoms with E-state index in [1.165, 1.54) is 12.3 Å². The average Bonchev–Trinajstić information content (AvgIpc) is 2.26. The summed E-state index contributed by atoms with van der Waals surface area (Å²) in [6.07, 6.45) is 1.18. The third-order valence-corrected chi connectivity index (χ3v) is 5.75. The van der Waals surface area contributed by atoms with E-state index in [4.69, 9.17) is 0 Å². The Bertz CT molecular complexity index is 614. The molecule has 0 fully saturated rings. The van der Waals surface area contributed by atoms with Gasteiger partial charge in [-0.1, -0.05) is 15.9 Å². The first-order valence-electron chi connectivity index (χ1n) is 5.88. The summed E-state index contributed by atoms with van der Waals surface area (Å²) in [4.78, 5) is 10.5. The highest BCUT2D eigenvalue weighted by atomic mass is 79.9. The van der Waals surface area contributed by atoms with Crippen molar-refractivity contribution in [2.75, 3.05) is 12.8 Å². The summed E-state index contributed by atoms with van der Waals surface area (Å²) in [5.74, 6) is 0. The summed E-state index contributed by atoms with van der Waals surface area (Å²) in [6, 6.07) is 4.67. The van der Waals surface area contributed by atoms with Gasteiger partial charge in [-0.05, 0) is 26.0 Å². The van der Waals surface area contributed by atoms with Gasteiger partial charge in [0.1, 0.15) is 0 Å². The summed E-state index contributed by atoms with van der Waals surface area (Å²) in [7, 11) is -3.20. The molecule has 0 amide bonds. The predicted molar refractivity (Wildman–Crippen MR) is 81.4 cm³/mol. The van der Waals surface area contributed by atoms with Gasteiger partial charge in [0, 0.05) is 35.4 Å². The van der Waals surface area contributed by atoms with Crippen LogP contribution in [0.3, 0.4) is 0 Å². The van der Waals surface area contributed by atoms with Gasteiger partial charge in [-0.15, -0.1) is 0 Å². The first-order chi connectivity index (χ1) is 9.04. The van der Waals surface area contributed by atoms with Crippen molar-refractivity contribution in [3.8, 4) is 0 Å². The van der Waals surface area contributed by atoms with Crippen LogP contribution in [0.2, 0.25) is 0 Å². The van der Waals surface area contributed by atoms with Crippen LogP contribution in [0.15, 0.2) is 22.7 Å². The van der Waals surface area contributed by atoms with E-state index in [2.05, 4.69) is 21.2 Å². The first kappa shape index (κ1) is 17.1. The number of nitrogens with one attached hydrogen (secondary N) is 1. The Morgan fingerprint density at radius 1 is 1.40 bits per heavy atom. The number of halogens is 1. The Morgan fingerprint density at radius 2 is 2.00 bits per heavy atom. The molecule has 0 aromatic heterocycles. The van der Waals surface area contributed by atoms with Crippen molar-refractivity contribution in [1.29, 1.82) is 0 Å². The van der Waals surface area contributed by atoms with E-state index in [0.29, 0.717) is 5.56 Å². The molecule has 20 heavy (non-hydrogen) atoms. The molecule has 112 valence electrons. The third kappa shape index (κ3) is 4.26. The van der Waals surface area contributed by atoms with E-state index in [1.54, 1.807) is 26.0 Å². The number of nitrogens with zero attached hydrogens (tertiary/aromatic N) is 1. The normalized spacial score (nSPS) is 12.4. The lowest BCUT2D eigenvalue weighted by Gasteiger charge is -2.22. The molecule has 0 spiro atoms. The van der Waals surface area contributed by atoms with Crippen molar-refractivity contribution >= 4 is 31.5 Å². The highest BCUT2D eigenvalue weighted by Gasteiger charge is 2.29. The Kier molecular flexibility index (Phi) is 5.28. The predicted octanol–water partition coefficient (Wildman–Crippen LogP) is 2.27. The summed E-state index contributed by atoms with van der Waals surface area (Å²) < 4.78 is 23.0. The molecule has 6 nitrogen and oxygen atoms in total. The molecule has 0 aliphatic rings. The van der Waals surface area contributed by atoms with Crippen molar-refractivity contribution in [2.24, 2.45) is 0 Å². The van der Waals surface area contributed by atoms with Gasteiger partial charge in [0.05, 0.1) is 9.67 Å². The van der Waals surface area contributed by atoms with E-state index in [-0.39, 0.29) is 18.8 Å². The topological polar surface area (TPSA) is 89.3 Å². The van der Waals surface area contributed by atoms with Crippen molar-refractivity contribution in [3.63, 3.8) is 0 Å². The Hall–Kier alpha value is -0.990.